The third kappa shape index (κ3) is 3.35. The number of nitrogens with one attached hydrogen (secondary N) is 1. The number of aliphatic carboxylic acids is 1. The molecule has 0 fully saturated rings. The van der Waals surface area contributed by atoms with Crippen LogP contribution in [0.25, 0.3) is 0 Å². The second kappa shape index (κ2) is 6.04. The van der Waals surface area contributed by atoms with Crippen molar-refractivity contribution in [3.8, 4) is 0 Å². The highest BCUT2D eigenvalue weighted by Crippen LogP contribution is 2.31. The van der Waals surface area contributed by atoms with E-state index in [1.807, 2.05) is 18.2 Å². The highest BCUT2D eigenvalue weighted by molar-refractivity contribution is 7.16. The Morgan fingerprint density at radius 3 is 2.89 bits per heavy atom. The van der Waals surface area contributed by atoms with Crippen LogP contribution in [0.4, 0.5) is 0 Å². The molecule has 1 unspecified atom stereocenters. The van der Waals surface area contributed by atoms with Crippen molar-refractivity contribution < 1.29 is 14.3 Å². The molecule has 2 N–H and O–H groups in total. The van der Waals surface area contributed by atoms with Crippen LogP contribution in [0.5, 0.6) is 0 Å². The topological polar surface area (TPSA) is 62.5 Å². The molecule has 2 aromatic heterocycles. The quantitative estimate of drug-likeness (QED) is 0.856. The average molecular weight is 286 g/mol. The van der Waals surface area contributed by atoms with Crippen molar-refractivity contribution in [2.24, 2.45) is 0 Å². The van der Waals surface area contributed by atoms with Crippen LogP contribution >= 0.6 is 22.9 Å². The van der Waals surface area contributed by atoms with Gasteiger partial charge in [0.2, 0.25) is 0 Å². The van der Waals surface area contributed by atoms with E-state index in [1.165, 1.54) is 11.3 Å². The lowest BCUT2D eigenvalue weighted by molar-refractivity contribution is -0.136. The van der Waals surface area contributed by atoms with Crippen molar-refractivity contribution in [3.63, 3.8) is 0 Å². The molecule has 0 saturated carbocycles. The first kappa shape index (κ1) is 13.1. The number of hydrogen-bond donors (Lipinski definition) is 2. The van der Waals surface area contributed by atoms with E-state index < -0.39 is 5.97 Å². The van der Waals surface area contributed by atoms with E-state index >= 15 is 0 Å². The maximum atomic E-state index is 10.5. The number of rotatable bonds is 6. The minimum absolute atomic E-state index is 0.0658. The molecule has 4 nitrogen and oxygen atoms in total. The summed E-state index contributed by atoms with van der Waals surface area (Å²) in [6.07, 6.45) is 1.66. The van der Waals surface area contributed by atoms with Crippen LogP contribution in [0.2, 0.25) is 4.34 Å². The minimum Gasteiger partial charge on any atom is -0.481 e. The van der Waals surface area contributed by atoms with Gasteiger partial charge in [-0.05, 0) is 24.3 Å². The molecule has 0 amide bonds. The van der Waals surface area contributed by atoms with Gasteiger partial charge in [-0.25, -0.2) is 0 Å². The van der Waals surface area contributed by atoms with E-state index in [9.17, 15) is 4.79 Å². The summed E-state index contributed by atoms with van der Waals surface area (Å²) in [7, 11) is 0. The van der Waals surface area contributed by atoms with Gasteiger partial charge in [0, 0.05) is 11.4 Å². The number of hydrogen-bond acceptors (Lipinski definition) is 4. The summed E-state index contributed by atoms with van der Waals surface area (Å²) >= 11 is 7.36. The molecule has 2 rings (SSSR count). The fourth-order valence-electron chi connectivity index (χ4n) is 1.60. The average Bonchev–Trinajstić information content (AvgIpc) is 2.95. The summed E-state index contributed by atoms with van der Waals surface area (Å²) < 4.78 is 6.07. The summed E-state index contributed by atoms with van der Waals surface area (Å²) in [6.45, 7) is 0.371. The van der Waals surface area contributed by atoms with Crippen LogP contribution in [-0.2, 0) is 4.79 Å². The molecule has 2 aromatic rings. The number of halogens is 1. The van der Waals surface area contributed by atoms with Gasteiger partial charge in [0.15, 0.2) is 0 Å². The van der Waals surface area contributed by atoms with Gasteiger partial charge in [0.25, 0.3) is 0 Å². The SMILES string of the molecule is O=C(O)CCNC(c1ccco1)c1ccc(Cl)s1. The van der Waals surface area contributed by atoms with Gasteiger partial charge >= 0.3 is 5.97 Å². The van der Waals surface area contributed by atoms with Crippen LogP contribution in [-0.4, -0.2) is 17.6 Å². The molecule has 0 saturated heterocycles. The Kier molecular flexibility index (Phi) is 4.41. The molecule has 2 heterocycles. The van der Waals surface area contributed by atoms with Crippen molar-refractivity contribution in [3.05, 3.63) is 45.5 Å². The molecule has 0 aromatic carbocycles. The maximum Gasteiger partial charge on any atom is 0.304 e. The first-order valence-electron chi connectivity index (χ1n) is 5.40. The van der Waals surface area contributed by atoms with Crippen LogP contribution in [0.15, 0.2) is 34.9 Å². The zero-order chi connectivity index (χ0) is 13.0. The van der Waals surface area contributed by atoms with Gasteiger partial charge in [-0.1, -0.05) is 11.6 Å². The molecule has 18 heavy (non-hydrogen) atoms. The molecule has 0 spiro atoms. The van der Waals surface area contributed by atoms with E-state index in [-0.39, 0.29) is 12.5 Å². The molecule has 0 aliphatic rings. The second-order valence-electron chi connectivity index (χ2n) is 3.69. The second-order valence-corrected chi connectivity index (χ2v) is 5.43. The summed E-state index contributed by atoms with van der Waals surface area (Å²) in [4.78, 5) is 11.5. The van der Waals surface area contributed by atoms with Crippen LogP contribution in [0.1, 0.15) is 23.1 Å². The number of thiophene rings is 1. The van der Waals surface area contributed by atoms with Crippen LogP contribution in [0.3, 0.4) is 0 Å². The number of furan rings is 1. The van der Waals surface area contributed by atoms with Crippen LogP contribution < -0.4 is 5.32 Å². The van der Waals surface area contributed by atoms with E-state index in [4.69, 9.17) is 21.1 Å². The number of carboxylic acid groups (broad SMARTS) is 1. The highest BCUT2D eigenvalue weighted by atomic mass is 35.5. The lowest BCUT2D eigenvalue weighted by atomic mass is 10.2. The molecule has 0 aliphatic carbocycles. The summed E-state index contributed by atoms with van der Waals surface area (Å²) in [5.41, 5.74) is 0. The molecule has 0 bridgehead atoms. The Hall–Kier alpha value is -1.30. The third-order valence-corrected chi connectivity index (χ3v) is 3.69. The molecule has 0 radical (unpaired) electrons. The Balaban J connectivity index is 2.11. The zero-order valence-electron chi connectivity index (χ0n) is 9.43. The fraction of sp³-hybridized carbons (Fsp3) is 0.250. The van der Waals surface area contributed by atoms with E-state index in [0.717, 1.165) is 10.6 Å². The molecular weight excluding hydrogens is 274 g/mol. The lowest BCUT2D eigenvalue weighted by Gasteiger charge is -2.14. The minimum atomic E-state index is -0.829. The first-order chi connectivity index (χ1) is 8.66. The molecule has 0 aliphatic heterocycles. The summed E-state index contributed by atoms with van der Waals surface area (Å²) in [6, 6.07) is 7.23. The highest BCUT2D eigenvalue weighted by Gasteiger charge is 2.18. The third-order valence-electron chi connectivity index (χ3n) is 2.39. The van der Waals surface area contributed by atoms with Gasteiger partial charge < -0.3 is 14.8 Å². The van der Waals surface area contributed by atoms with Crippen molar-refractivity contribution in [2.75, 3.05) is 6.54 Å². The van der Waals surface area contributed by atoms with E-state index in [2.05, 4.69) is 5.32 Å². The van der Waals surface area contributed by atoms with E-state index in [1.54, 1.807) is 12.3 Å². The Morgan fingerprint density at radius 2 is 2.33 bits per heavy atom. The number of carboxylic acids is 1. The van der Waals surface area contributed by atoms with Crippen molar-refractivity contribution in [2.45, 2.75) is 12.5 Å². The summed E-state index contributed by atoms with van der Waals surface area (Å²) in [5, 5.41) is 11.8. The lowest BCUT2D eigenvalue weighted by Crippen LogP contribution is -2.24. The van der Waals surface area contributed by atoms with Gasteiger partial charge in [-0.3, -0.25) is 4.79 Å². The van der Waals surface area contributed by atoms with Gasteiger partial charge in [-0.2, -0.15) is 0 Å². The smallest absolute Gasteiger partial charge is 0.304 e. The normalized spacial score (nSPS) is 12.5. The van der Waals surface area contributed by atoms with Crippen molar-refractivity contribution >= 4 is 28.9 Å². The standard InChI is InChI=1S/C12H12ClNO3S/c13-10-4-3-9(18-10)12(8-2-1-7-17-8)14-6-5-11(15)16/h1-4,7,12,14H,5-6H2,(H,15,16). The largest absolute Gasteiger partial charge is 0.481 e. The van der Waals surface area contributed by atoms with Crippen molar-refractivity contribution in [1.29, 1.82) is 0 Å². The molecule has 6 heteroatoms. The Morgan fingerprint density at radius 1 is 1.50 bits per heavy atom. The van der Waals surface area contributed by atoms with Crippen LogP contribution in [0, 0.1) is 0 Å². The zero-order valence-corrected chi connectivity index (χ0v) is 11.0. The monoisotopic (exact) mass is 285 g/mol. The predicted molar refractivity (Wildman–Crippen MR) is 70.1 cm³/mol. The van der Waals surface area contributed by atoms with Crippen molar-refractivity contribution in [1.82, 2.24) is 5.32 Å². The van der Waals surface area contributed by atoms with E-state index in [0.29, 0.717) is 10.9 Å². The van der Waals surface area contributed by atoms with Gasteiger partial charge in [0.05, 0.1) is 17.0 Å². The maximum absolute atomic E-state index is 10.5. The first-order valence-corrected chi connectivity index (χ1v) is 6.60. The molecule has 96 valence electrons. The van der Waals surface area contributed by atoms with Gasteiger partial charge in [-0.15, -0.1) is 11.3 Å². The number of carbonyl (C=O) groups is 1. The fourth-order valence-corrected chi connectivity index (χ4v) is 2.75. The van der Waals surface area contributed by atoms with Gasteiger partial charge in [0.1, 0.15) is 11.8 Å². The molecule has 1 atom stereocenters. The predicted octanol–water partition coefficient (Wildman–Crippen LogP) is 3.15. The molecular formula is C12H12ClNO3S. The Bertz CT molecular complexity index is 509. The Labute approximate surface area is 113 Å². The summed E-state index contributed by atoms with van der Waals surface area (Å²) in [5.74, 6) is -0.0798.